The molecule has 2 N–H and O–H groups in total. The quantitative estimate of drug-likeness (QED) is 0.901. The average Bonchev–Trinajstić information content (AvgIpc) is 2.78. The van der Waals surface area contributed by atoms with Gasteiger partial charge >= 0.3 is 0 Å². The van der Waals surface area contributed by atoms with Crippen molar-refractivity contribution < 1.29 is 0 Å². The summed E-state index contributed by atoms with van der Waals surface area (Å²) >= 11 is 1.76. The fourth-order valence-corrected chi connectivity index (χ4v) is 3.65. The van der Waals surface area contributed by atoms with Gasteiger partial charge in [-0.15, -0.1) is 11.3 Å². The highest BCUT2D eigenvalue weighted by molar-refractivity contribution is 7.09. The molecule has 0 amide bonds. The zero-order chi connectivity index (χ0) is 11.7. The second-order valence-corrected chi connectivity index (χ2v) is 5.51. The summed E-state index contributed by atoms with van der Waals surface area (Å²) in [4.78, 5) is 4.69. The molecule has 1 aromatic carbocycles. The van der Waals surface area contributed by atoms with Crippen molar-refractivity contribution in [2.24, 2.45) is 5.73 Å². The van der Waals surface area contributed by atoms with Crippen LogP contribution in [0.3, 0.4) is 0 Å². The fourth-order valence-electron chi connectivity index (χ4n) is 2.53. The normalized spacial score (nSPS) is 17.7. The number of thiazole rings is 1. The van der Waals surface area contributed by atoms with Gasteiger partial charge in [0.1, 0.15) is 5.01 Å². The van der Waals surface area contributed by atoms with Crippen molar-refractivity contribution in [1.82, 2.24) is 4.98 Å². The summed E-state index contributed by atoms with van der Waals surface area (Å²) in [5.74, 6) is 0. The van der Waals surface area contributed by atoms with E-state index in [1.807, 2.05) is 0 Å². The van der Waals surface area contributed by atoms with E-state index in [4.69, 9.17) is 10.7 Å². The van der Waals surface area contributed by atoms with Gasteiger partial charge in [-0.05, 0) is 18.4 Å². The number of rotatable bonds is 3. The molecule has 1 aliphatic carbocycles. The number of nitrogens with zero attached hydrogens (tertiary/aromatic N) is 1. The van der Waals surface area contributed by atoms with E-state index in [9.17, 15) is 0 Å². The molecule has 0 unspecified atom stereocenters. The van der Waals surface area contributed by atoms with Crippen molar-refractivity contribution in [3.8, 4) is 0 Å². The first-order valence-electron chi connectivity index (χ1n) is 6.06. The molecule has 0 radical (unpaired) electrons. The summed E-state index contributed by atoms with van der Waals surface area (Å²) in [6, 6.07) is 10.8. The topological polar surface area (TPSA) is 38.9 Å². The first-order valence-corrected chi connectivity index (χ1v) is 6.93. The van der Waals surface area contributed by atoms with Gasteiger partial charge in [0.05, 0.1) is 5.69 Å². The summed E-state index contributed by atoms with van der Waals surface area (Å²) < 4.78 is 0. The van der Waals surface area contributed by atoms with Gasteiger partial charge < -0.3 is 5.73 Å². The monoisotopic (exact) mass is 244 g/mol. The number of nitrogens with two attached hydrogens (primary N) is 1. The van der Waals surface area contributed by atoms with Gasteiger partial charge in [-0.2, -0.15) is 0 Å². The molecular formula is C14H16N2S. The third-order valence-electron chi connectivity index (χ3n) is 3.70. The number of benzene rings is 1. The molecule has 1 aromatic heterocycles. The van der Waals surface area contributed by atoms with E-state index >= 15 is 0 Å². The first-order chi connectivity index (χ1) is 8.35. The molecule has 0 bridgehead atoms. The maximum atomic E-state index is 5.65. The molecule has 1 aliphatic rings. The average molecular weight is 244 g/mol. The predicted octanol–water partition coefficient (Wildman–Crippen LogP) is 3.07. The van der Waals surface area contributed by atoms with Crippen LogP contribution in [0.5, 0.6) is 0 Å². The molecule has 3 heteroatoms. The van der Waals surface area contributed by atoms with Crippen LogP contribution < -0.4 is 5.73 Å². The summed E-state index contributed by atoms with van der Waals surface area (Å²) in [6.07, 6.45) is 3.73. The first kappa shape index (κ1) is 10.9. The number of hydrogen-bond acceptors (Lipinski definition) is 3. The van der Waals surface area contributed by atoms with E-state index in [2.05, 4.69) is 35.7 Å². The van der Waals surface area contributed by atoms with Crippen LogP contribution in [0.1, 0.15) is 35.5 Å². The van der Waals surface area contributed by atoms with Gasteiger partial charge in [0.25, 0.3) is 0 Å². The van der Waals surface area contributed by atoms with Crippen molar-refractivity contribution in [2.75, 3.05) is 0 Å². The van der Waals surface area contributed by atoms with Gasteiger partial charge in [0.15, 0.2) is 0 Å². The highest BCUT2D eigenvalue weighted by Crippen LogP contribution is 2.49. The Morgan fingerprint density at radius 1 is 1.24 bits per heavy atom. The Hall–Kier alpha value is -1.19. The highest BCUT2D eigenvalue weighted by Gasteiger charge is 2.42. The molecule has 2 nitrogen and oxygen atoms in total. The van der Waals surface area contributed by atoms with Crippen LogP contribution >= 0.6 is 11.3 Å². The Morgan fingerprint density at radius 3 is 2.53 bits per heavy atom. The molecule has 1 saturated carbocycles. The molecule has 0 saturated heterocycles. The Kier molecular flexibility index (Phi) is 2.73. The lowest BCUT2D eigenvalue weighted by atomic mass is 9.65. The van der Waals surface area contributed by atoms with Crippen LogP contribution in [-0.2, 0) is 12.0 Å². The maximum absolute atomic E-state index is 5.65. The molecule has 17 heavy (non-hydrogen) atoms. The van der Waals surface area contributed by atoms with E-state index in [1.54, 1.807) is 11.3 Å². The zero-order valence-corrected chi connectivity index (χ0v) is 10.5. The van der Waals surface area contributed by atoms with Crippen LogP contribution in [0.4, 0.5) is 0 Å². The lowest BCUT2D eigenvalue weighted by Crippen LogP contribution is -2.35. The third-order valence-corrected chi connectivity index (χ3v) is 4.80. The predicted molar refractivity (Wildman–Crippen MR) is 71.1 cm³/mol. The third kappa shape index (κ3) is 1.70. The smallest absolute Gasteiger partial charge is 0.103 e. The van der Waals surface area contributed by atoms with Crippen molar-refractivity contribution in [1.29, 1.82) is 0 Å². The zero-order valence-electron chi connectivity index (χ0n) is 9.73. The van der Waals surface area contributed by atoms with E-state index in [-0.39, 0.29) is 5.41 Å². The Bertz CT molecular complexity index is 500. The second-order valence-electron chi connectivity index (χ2n) is 4.65. The van der Waals surface area contributed by atoms with Gasteiger partial charge in [0.2, 0.25) is 0 Å². The van der Waals surface area contributed by atoms with Gasteiger partial charge in [-0.3, -0.25) is 0 Å². The summed E-state index contributed by atoms with van der Waals surface area (Å²) in [5.41, 5.74) is 8.26. The van der Waals surface area contributed by atoms with E-state index in [0.717, 1.165) is 5.69 Å². The lowest BCUT2D eigenvalue weighted by Gasteiger charge is -2.40. The minimum absolute atomic E-state index is 0.180. The minimum Gasteiger partial charge on any atom is -0.325 e. The minimum atomic E-state index is 0.180. The molecule has 3 rings (SSSR count). The SMILES string of the molecule is NCc1csc(C2(c3ccccc3)CCC2)n1. The molecular weight excluding hydrogens is 228 g/mol. The fraction of sp³-hybridized carbons (Fsp3) is 0.357. The summed E-state index contributed by atoms with van der Waals surface area (Å²) in [7, 11) is 0. The summed E-state index contributed by atoms with van der Waals surface area (Å²) in [6.45, 7) is 0.543. The standard InChI is InChI=1S/C14H16N2S/c15-9-12-10-17-13(16-12)14(7-4-8-14)11-5-2-1-3-6-11/h1-3,5-6,10H,4,7-9,15H2. The van der Waals surface area contributed by atoms with Crippen LogP contribution in [0.15, 0.2) is 35.7 Å². The number of aromatic nitrogens is 1. The van der Waals surface area contributed by atoms with Crippen LogP contribution in [0, 0.1) is 0 Å². The van der Waals surface area contributed by atoms with Crippen LogP contribution in [0.2, 0.25) is 0 Å². The molecule has 0 spiro atoms. The van der Waals surface area contributed by atoms with E-state index in [1.165, 1.54) is 29.8 Å². The van der Waals surface area contributed by atoms with Gasteiger partial charge in [-0.25, -0.2) is 4.98 Å². The largest absolute Gasteiger partial charge is 0.325 e. The Balaban J connectivity index is 2.02. The molecule has 1 heterocycles. The summed E-state index contributed by atoms with van der Waals surface area (Å²) in [5, 5.41) is 3.34. The van der Waals surface area contributed by atoms with Gasteiger partial charge in [-0.1, -0.05) is 36.8 Å². The van der Waals surface area contributed by atoms with Crippen molar-refractivity contribution >= 4 is 11.3 Å². The molecule has 1 fully saturated rings. The second kappa shape index (κ2) is 4.24. The van der Waals surface area contributed by atoms with Crippen molar-refractivity contribution in [2.45, 2.75) is 31.2 Å². The van der Waals surface area contributed by atoms with Crippen molar-refractivity contribution in [3.05, 3.63) is 52.0 Å². The Labute approximate surface area is 106 Å². The molecule has 0 atom stereocenters. The maximum Gasteiger partial charge on any atom is 0.103 e. The van der Waals surface area contributed by atoms with E-state index in [0.29, 0.717) is 6.54 Å². The molecule has 0 aliphatic heterocycles. The van der Waals surface area contributed by atoms with Crippen LogP contribution in [-0.4, -0.2) is 4.98 Å². The van der Waals surface area contributed by atoms with E-state index < -0.39 is 0 Å². The number of hydrogen-bond donors (Lipinski definition) is 1. The Morgan fingerprint density at radius 2 is 2.00 bits per heavy atom. The molecule has 2 aromatic rings. The lowest BCUT2D eigenvalue weighted by molar-refractivity contribution is 0.300. The van der Waals surface area contributed by atoms with Crippen LogP contribution in [0.25, 0.3) is 0 Å². The van der Waals surface area contributed by atoms with Crippen molar-refractivity contribution in [3.63, 3.8) is 0 Å². The highest BCUT2D eigenvalue weighted by atomic mass is 32.1. The van der Waals surface area contributed by atoms with Gasteiger partial charge in [0, 0.05) is 17.3 Å². The molecule has 88 valence electrons.